The maximum Gasteiger partial charge on any atom is 0.229 e. The van der Waals surface area contributed by atoms with Gasteiger partial charge in [0.25, 0.3) is 0 Å². The SMILES string of the molecule is NC1CCC(c2nc(CSc3ccc(Br)cc3)no2)C1. The van der Waals surface area contributed by atoms with E-state index in [-0.39, 0.29) is 6.04 Å². The second kappa shape index (κ2) is 6.28. The van der Waals surface area contributed by atoms with Gasteiger partial charge in [-0.05, 0) is 43.5 Å². The number of halogens is 1. The zero-order chi connectivity index (χ0) is 13.9. The molecule has 0 saturated heterocycles. The van der Waals surface area contributed by atoms with E-state index in [1.54, 1.807) is 11.8 Å². The predicted octanol–water partition coefficient (Wildman–Crippen LogP) is 3.72. The standard InChI is InChI=1S/C14H16BrN3OS/c15-10-2-5-12(6-3-10)20-8-13-17-14(19-18-13)9-1-4-11(16)7-9/h2-3,5-6,9,11H,1,4,7-8,16H2. The average Bonchev–Trinajstić information content (AvgIpc) is 3.07. The summed E-state index contributed by atoms with van der Waals surface area (Å²) < 4.78 is 6.45. The third kappa shape index (κ3) is 3.42. The molecule has 0 amide bonds. The van der Waals surface area contributed by atoms with Crippen molar-refractivity contribution >= 4 is 27.7 Å². The molecule has 20 heavy (non-hydrogen) atoms. The van der Waals surface area contributed by atoms with Gasteiger partial charge >= 0.3 is 0 Å². The fraction of sp³-hybridized carbons (Fsp3) is 0.429. The van der Waals surface area contributed by atoms with E-state index in [1.165, 1.54) is 4.90 Å². The van der Waals surface area contributed by atoms with Crippen molar-refractivity contribution in [3.8, 4) is 0 Å². The molecular formula is C14H16BrN3OS. The molecule has 106 valence electrons. The van der Waals surface area contributed by atoms with Gasteiger partial charge in [0.15, 0.2) is 5.82 Å². The highest BCUT2D eigenvalue weighted by Crippen LogP contribution is 2.33. The Labute approximate surface area is 130 Å². The van der Waals surface area contributed by atoms with Crippen molar-refractivity contribution in [2.24, 2.45) is 5.73 Å². The molecule has 0 spiro atoms. The van der Waals surface area contributed by atoms with Gasteiger partial charge in [0, 0.05) is 21.3 Å². The third-order valence-electron chi connectivity index (χ3n) is 3.49. The molecule has 3 rings (SSSR count). The highest BCUT2D eigenvalue weighted by Gasteiger charge is 2.27. The van der Waals surface area contributed by atoms with E-state index in [9.17, 15) is 0 Å². The molecule has 6 heteroatoms. The van der Waals surface area contributed by atoms with Gasteiger partial charge < -0.3 is 10.3 Å². The van der Waals surface area contributed by atoms with Crippen molar-refractivity contribution in [1.82, 2.24) is 10.1 Å². The summed E-state index contributed by atoms with van der Waals surface area (Å²) >= 11 is 5.14. The van der Waals surface area contributed by atoms with Crippen LogP contribution in [-0.2, 0) is 5.75 Å². The summed E-state index contributed by atoms with van der Waals surface area (Å²) in [5.41, 5.74) is 5.92. The van der Waals surface area contributed by atoms with Crippen molar-refractivity contribution in [3.05, 3.63) is 40.5 Å². The Kier molecular flexibility index (Phi) is 4.43. The Morgan fingerprint density at radius 1 is 1.30 bits per heavy atom. The van der Waals surface area contributed by atoms with Crippen molar-refractivity contribution in [2.45, 2.75) is 41.9 Å². The van der Waals surface area contributed by atoms with Gasteiger partial charge in [-0.3, -0.25) is 0 Å². The van der Waals surface area contributed by atoms with Crippen LogP contribution in [0.25, 0.3) is 0 Å². The van der Waals surface area contributed by atoms with Crippen LogP contribution in [0.2, 0.25) is 0 Å². The molecule has 0 aliphatic heterocycles. The molecule has 0 bridgehead atoms. The maximum absolute atomic E-state index is 5.92. The maximum atomic E-state index is 5.92. The van der Waals surface area contributed by atoms with E-state index in [2.05, 4.69) is 38.2 Å². The highest BCUT2D eigenvalue weighted by atomic mass is 79.9. The van der Waals surface area contributed by atoms with Crippen LogP contribution < -0.4 is 5.73 Å². The lowest BCUT2D eigenvalue weighted by atomic mass is 10.1. The summed E-state index contributed by atoms with van der Waals surface area (Å²) in [5, 5.41) is 4.06. The third-order valence-corrected chi connectivity index (χ3v) is 5.02. The van der Waals surface area contributed by atoms with Gasteiger partial charge in [-0.15, -0.1) is 11.8 Å². The average molecular weight is 354 g/mol. The first-order valence-electron chi connectivity index (χ1n) is 6.67. The number of benzene rings is 1. The van der Waals surface area contributed by atoms with E-state index in [0.29, 0.717) is 5.92 Å². The van der Waals surface area contributed by atoms with E-state index in [4.69, 9.17) is 10.3 Å². The van der Waals surface area contributed by atoms with Crippen LogP contribution in [0.4, 0.5) is 0 Å². The molecule has 1 aliphatic carbocycles. The molecule has 2 aromatic rings. The number of rotatable bonds is 4. The van der Waals surface area contributed by atoms with Crippen molar-refractivity contribution < 1.29 is 4.52 Å². The molecule has 1 aromatic carbocycles. The van der Waals surface area contributed by atoms with Gasteiger partial charge in [-0.25, -0.2) is 0 Å². The first-order valence-corrected chi connectivity index (χ1v) is 8.45. The van der Waals surface area contributed by atoms with E-state index < -0.39 is 0 Å². The number of hydrogen-bond acceptors (Lipinski definition) is 5. The van der Waals surface area contributed by atoms with Crippen molar-refractivity contribution in [2.75, 3.05) is 0 Å². The zero-order valence-electron chi connectivity index (χ0n) is 11.0. The summed E-state index contributed by atoms with van der Waals surface area (Å²) in [6.45, 7) is 0. The normalized spacial score (nSPS) is 22.3. The van der Waals surface area contributed by atoms with Crippen molar-refractivity contribution in [1.29, 1.82) is 0 Å². The van der Waals surface area contributed by atoms with Gasteiger partial charge in [-0.2, -0.15) is 4.98 Å². The summed E-state index contributed by atoms with van der Waals surface area (Å²) in [4.78, 5) is 5.69. The molecular weight excluding hydrogens is 338 g/mol. The van der Waals surface area contributed by atoms with Crippen LogP contribution >= 0.6 is 27.7 Å². The van der Waals surface area contributed by atoms with Crippen LogP contribution in [0.5, 0.6) is 0 Å². The molecule has 2 N–H and O–H groups in total. The van der Waals surface area contributed by atoms with Crippen molar-refractivity contribution in [3.63, 3.8) is 0 Å². The zero-order valence-corrected chi connectivity index (χ0v) is 13.4. The smallest absolute Gasteiger partial charge is 0.229 e. The first-order chi connectivity index (χ1) is 9.70. The largest absolute Gasteiger partial charge is 0.339 e. The van der Waals surface area contributed by atoms with Gasteiger partial charge in [0.1, 0.15) is 0 Å². The number of nitrogens with two attached hydrogens (primary N) is 1. The quantitative estimate of drug-likeness (QED) is 0.848. The Balaban J connectivity index is 1.58. The Morgan fingerprint density at radius 2 is 2.10 bits per heavy atom. The molecule has 1 aromatic heterocycles. The van der Waals surface area contributed by atoms with E-state index >= 15 is 0 Å². The van der Waals surface area contributed by atoms with Gasteiger partial charge in [-0.1, -0.05) is 21.1 Å². The van der Waals surface area contributed by atoms with E-state index in [1.807, 2.05) is 12.1 Å². The van der Waals surface area contributed by atoms with Crippen LogP contribution in [0.1, 0.15) is 36.9 Å². The Morgan fingerprint density at radius 3 is 2.80 bits per heavy atom. The minimum atomic E-state index is 0.285. The number of hydrogen-bond donors (Lipinski definition) is 1. The molecule has 2 unspecified atom stereocenters. The number of nitrogens with zero attached hydrogens (tertiary/aromatic N) is 2. The van der Waals surface area contributed by atoms with Crippen LogP contribution in [0, 0.1) is 0 Å². The van der Waals surface area contributed by atoms with Gasteiger partial charge in [0.2, 0.25) is 5.89 Å². The molecule has 1 fully saturated rings. The summed E-state index contributed by atoms with van der Waals surface area (Å²) in [6.07, 6.45) is 3.07. The van der Waals surface area contributed by atoms with E-state index in [0.717, 1.165) is 41.2 Å². The van der Waals surface area contributed by atoms with Crippen LogP contribution in [0.3, 0.4) is 0 Å². The number of aromatic nitrogens is 2. The van der Waals surface area contributed by atoms with Crippen LogP contribution in [-0.4, -0.2) is 16.2 Å². The highest BCUT2D eigenvalue weighted by molar-refractivity contribution is 9.10. The fourth-order valence-electron chi connectivity index (χ4n) is 2.41. The second-order valence-electron chi connectivity index (χ2n) is 5.06. The molecule has 2 atom stereocenters. The molecule has 1 heterocycles. The minimum Gasteiger partial charge on any atom is -0.339 e. The lowest BCUT2D eigenvalue weighted by molar-refractivity contribution is 0.350. The first kappa shape index (κ1) is 14.1. The topological polar surface area (TPSA) is 64.9 Å². The lowest BCUT2D eigenvalue weighted by Gasteiger charge is -2.01. The summed E-state index contributed by atoms with van der Waals surface area (Å²) in [6, 6.07) is 8.50. The fourth-order valence-corrected chi connectivity index (χ4v) is 3.42. The Bertz CT molecular complexity index is 572. The molecule has 1 saturated carbocycles. The molecule has 0 radical (unpaired) electrons. The summed E-state index contributed by atoms with van der Waals surface area (Å²) in [7, 11) is 0. The second-order valence-corrected chi connectivity index (χ2v) is 7.03. The number of thioether (sulfide) groups is 1. The van der Waals surface area contributed by atoms with Crippen LogP contribution in [0.15, 0.2) is 38.2 Å². The molecule has 4 nitrogen and oxygen atoms in total. The molecule has 1 aliphatic rings. The van der Waals surface area contributed by atoms with Gasteiger partial charge in [0.05, 0.1) is 5.75 Å². The Hall–Kier alpha value is -0.850. The lowest BCUT2D eigenvalue weighted by Crippen LogP contribution is -2.14. The summed E-state index contributed by atoms with van der Waals surface area (Å²) in [5.74, 6) is 2.59. The monoisotopic (exact) mass is 353 g/mol. The predicted molar refractivity (Wildman–Crippen MR) is 82.6 cm³/mol. The minimum absolute atomic E-state index is 0.285.